The van der Waals surface area contributed by atoms with E-state index in [0.717, 1.165) is 5.52 Å². The van der Waals surface area contributed by atoms with Crippen molar-refractivity contribution in [3.8, 4) is 6.07 Å². The van der Waals surface area contributed by atoms with Gasteiger partial charge in [-0.1, -0.05) is 12.1 Å². The van der Waals surface area contributed by atoms with E-state index in [9.17, 15) is 10.1 Å². The zero-order valence-electron chi connectivity index (χ0n) is 14.6. The van der Waals surface area contributed by atoms with Gasteiger partial charge in [0.25, 0.3) is 0 Å². The van der Waals surface area contributed by atoms with Crippen LogP contribution in [0.15, 0.2) is 24.3 Å². The molecule has 8 nitrogen and oxygen atoms in total. The molecule has 2 heterocycles. The van der Waals surface area contributed by atoms with Gasteiger partial charge in [-0.3, -0.25) is 4.79 Å². The molecule has 136 valence electrons. The van der Waals surface area contributed by atoms with Gasteiger partial charge in [-0.15, -0.1) is 0 Å². The number of rotatable bonds is 6. The lowest BCUT2D eigenvalue weighted by molar-refractivity contribution is -0.121. The molecule has 0 saturated carbocycles. The Hall–Kier alpha value is -2.76. The minimum atomic E-state index is -1.04. The summed E-state index contributed by atoms with van der Waals surface area (Å²) in [6, 6.07) is 9.52. The van der Waals surface area contributed by atoms with E-state index in [0.29, 0.717) is 56.5 Å². The highest BCUT2D eigenvalue weighted by atomic mass is 16.5. The molecule has 0 unspecified atom stereocenters. The van der Waals surface area contributed by atoms with Gasteiger partial charge in [-0.2, -0.15) is 5.26 Å². The molecule has 2 aromatic rings. The number of ether oxygens (including phenoxy) is 2. The first-order chi connectivity index (χ1) is 12.7. The smallest absolute Gasteiger partial charge is 0.243 e. The van der Waals surface area contributed by atoms with Crippen LogP contribution in [0, 0.1) is 11.3 Å². The van der Waals surface area contributed by atoms with Crippen LogP contribution >= 0.6 is 0 Å². The number of morpholine rings is 1. The monoisotopic (exact) mass is 355 g/mol. The minimum Gasteiger partial charge on any atom is -0.383 e. The Bertz CT molecular complexity index is 814. The first-order valence-electron chi connectivity index (χ1n) is 8.50. The van der Waals surface area contributed by atoms with E-state index < -0.39 is 11.8 Å². The molecule has 1 aliphatic rings. The summed E-state index contributed by atoms with van der Waals surface area (Å²) in [5, 5.41) is 12.4. The van der Waals surface area contributed by atoms with E-state index in [1.54, 1.807) is 7.11 Å². The van der Waals surface area contributed by atoms with Crippen LogP contribution in [0.1, 0.15) is 11.6 Å². The predicted molar refractivity (Wildman–Crippen MR) is 95.8 cm³/mol. The molecule has 0 aliphatic carbocycles. The summed E-state index contributed by atoms with van der Waals surface area (Å²) in [5.41, 5.74) is 1.77. The van der Waals surface area contributed by atoms with E-state index in [4.69, 9.17) is 14.5 Å². The largest absolute Gasteiger partial charge is 0.383 e. The number of aromatic nitrogens is 2. The third-order valence-corrected chi connectivity index (χ3v) is 4.16. The van der Waals surface area contributed by atoms with Gasteiger partial charge in [0.1, 0.15) is 5.69 Å². The molecular weight excluding hydrogens is 334 g/mol. The first kappa shape index (κ1) is 18.0. The lowest BCUT2D eigenvalue weighted by Crippen LogP contribution is -2.39. The van der Waals surface area contributed by atoms with Crippen molar-refractivity contribution in [2.24, 2.45) is 0 Å². The second-order valence-electron chi connectivity index (χ2n) is 5.87. The van der Waals surface area contributed by atoms with Gasteiger partial charge in [0, 0.05) is 26.7 Å². The van der Waals surface area contributed by atoms with Gasteiger partial charge in [0.15, 0.2) is 11.7 Å². The number of hydrogen-bond donors (Lipinski definition) is 1. The number of para-hydroxylation sites is 2. The Labute approximate surface area is 151 Å². The molecule has 3 rings (SSSR count). The molecule has 1 amide bonds. The zero-order chi connectivity index (χ0) is 18.4. The van der Waals surface area contributed by atoms with Gasteiger partial charge >= 0.3 is 0 Å². The van der Waals surface area contributed by atoms with Crippen molar-refractivity contribution in [3.05, 3.63) is 30.0 Å². The number of carbonyl (C=O) groups excluding carboxylic acids is 1. The van der Waals surface area contributed by atoms with Crippen molar-refractivity contribution in [1.29, 1.82) is 5.26 Å². The van der Waals surface area contributed by atoms with E-state index >= 15 is 0 Å². The van der Waals surface area contributed by atoms with Crippen LogP contribution in [-0.4, -0.2) is 62.4 Å². The van der Waals surface area contributed by atoms with Gasteiger partial charge < -0.3 is 19.7 Å². The van der Waals surface area contributed by atoms with E-state index in [2.05, 4.69) is 16.4 Å². The van der Waals surface area contributed by atoms with E-state index in [-0.39, 0.29) is 0 Å². The van der Waals surface area contributed by atoms with Gasteiger partial charge in [-0.25, -0.2) is 9.97 Å². The Morgan fingerprint density at radius 3 is 2.69 bits per heavy atom. The highest BCUT2D eigenvalue weighted by Gasteiger charge is 2.29. The second kappa shape index (κ2) is 8.56. The molecule has 1 aliphatic heterocycles. The number of hydrogen-bond acceptors (Lipinski definition) is 7. The molecule has 0 bridgehead atoms. The quantitative estimate of drug-likeness (QED) is 0.766. The fraction of sp³-hybridized carbons (Fsp3) is 0.444. The van der Waals surface area contributed by atoms with Crippen molar-refractivity contribution in [2.45, 2.75) is 5.92 Å². The summed E-state index contributed by atoms with van der Waals surface area (Å²) in [6.45, 7) is 3.15. The number of nitrogens with one attached hydrogen (secondary N) is 1. The van der Waals surface area contributed by atoms with Gasteiger partial charge in [0.2, 0.25) is 5.91 Å². The predicted octanol–water partition coefficient (Wildman–Crippen LogP) is 0.836. The van der Waals surface area contributed by atoms with Crippen molar-refractivity contribution >= 4 is 22.8 Å². The molecule has 1 aromatic carbocycles. The number of anilines is 1. The van der Waals surface area contributed by atoms with Crippen LogP contribution in [0.4, 0.5) is 5.82 Å². The summed E-state index contributed by atoms with van der Waals surface area (Å²) in [7, 11) is 1.55. The summed E-state index contributed by atoms with van der Waals surface area (Å²) in [6.07, 6.45) is 0. The van der Waals surface area contributed by atoms with Crippen LogP contribution < -0.4 is 10.2 Å². The molecule has 1 atom stereocenters. The normalized spacial score (nSPS) is 15.5. The van der Waals surface area contributed by atoms with Crippen LogP contribution in [0.5, 0.6) is 0 Å². The maximum Gasteiger partial charge on any atom is 0.243 e. The molecule has 1 saturated heterocycles. The number of nitriles is 1. The van der Waals surface area contributed by atoms with Gasteiger partial charge in [0.05, 0.1) is 36.9 Å². The molecule has 0 spiro atoms. The molecule has 8 heteroatoms. The minimum absolute atomic E-state index is 0.335. The number of fused-ring (bicyclic) bond motifs is 1. The number of methoxy groups -OCH3 is 1. The van der Waals surface area contributed by atoms with E-state index in [1.165, 1.54) is 0 Å². The number of benzene rings is 1. The SMILES string of the molecule is COCCNC(=O)[C@H](C#N)c1nc2ccccc2nc1N1CCOCC1. The van der Waals surface area contributed by atoms with Crippen molar-refractivity contribution in [1.82, 2.24) is 15.3 Å². The fourth-order valence-electron chi connectivity index (χ4n) is 2.83. The molecule has 0 radical (unpaired) electrons. The highest BCUT2D eigenvalue weighted by molar-refractivity contribution is 5.88. The number of carbonyl (C=O) groups is 1. The maximum absolute atomic E-state index is 12.5. The second-order valence-corrected chi connectivity index (χ2v) is 5.87. The summed E-state index contributed by atoms with van der Waals surface area (Å²) in [5.74, 6) is -0.870. The number of amides is 1. The van der Waals surface area contributed by atoms with Crippen molar-refractivity contribution < 1.29 is 14.3 Å². The lowest BCUT2D eigenvalue weighted by Gasteiger charge is -2.29. The third kappa shape index (κ3) is 3.90. The molecule has 1 aromatic heterocycles. The summed E-state index contributed by atoms with van der Waals surface area (Å²) >= 11 is 0. The Morgan fingerprint density at radius 1 is 1.35 bits per heavy atom. The van der Waals surface area contributed by atoms with Crippen molar-refractivity contribution in [3.63, 3.8) is 0 Å². The lowest BCUT2D eigenvalue weighted by atomic mass is 10.0. The third-order valence-electron chi connectivity index (χ3n) is 4.16. The maximum atomic E-state index is 12.5. The fourth-order valence-corrected chi connectivity index (χ4v) is 2.83. The highest BCUT2D eigenvalue weighted by Crippen LogP contribution is 2.27. The van der Waals surface area contributed by atoms with Crippen LogP contribution in [0.3, 0.4) is 0 Å². The molecule has 1 fully saturated rings. The molecule has 1 N–H and O–H groups in total. The Kier molecular flexibility index (Phi) is 5.94. The zero-order valence-corrected chi connectivity index (χ0v) is 14.6. The average molecular weight is 355 g/mol. The van der Waals surface area contributed by atoms with Crippen molar-refractivity contribution in [2.75, 3.05) is 51.5 Å². The molecular formula is C18H21N5O3. The Morgan fingerprint density at radius 2 is 2.04 bits per heavy atom. The summed E-state index contributed by atoms with van der Waals surface area (Å²) in [4.78, 5) is 23.8. The average Bonchev–Trinajstić information content (AvgIpc) is 2.69. The van der Waals surface area contributed by atoms with Gasteiger partial charge in [-0.05, 0) is 12.1 Å². The van der Waals surface area contributed by atoms with Crippen LogP contribution in [0.25, 0.3) is 11.0 Å². The molecule has 26 heavy (non-hydrogen) atoms. The number of nitrogens with zero attached hydrogens (tertiary/aromatic N) is 4. The summed E-state index contributed by atoms with van der Waals surface area (Å²) < 4.78 is 10.3. The topological polar surface area (TPSA) is 100 Å². The first-order valence-corrected chi connectivity index (χ1v) is 8.50. The van der Waals surface area contributed by atoms with Crippen LogP contribution in [0.2, 0.25) is 0 Å². The van der Waals surface area contributed by atoms with Crippen LogP contribution in [-0.2, 0) is 14.3 Å². The standard InChI is InChI=1S/C18H21N5O3/c1-25-9-6-20-18(24)13(12-19)16-17(23-7-10-26-11-8-23)22-15-5-3-2-4-14(15)21-16/h2-5,13H,6-11H2,1H3,(H,20,24)/t13-/m1/s1. The van der Waals surface area contributed by atoms with E-state index in [1.807, 2.05) is 29.2 Å². The Balaban J connectivity index is 2.00.